The van der Waals surface area contributed by atoms with E-state index in [0.29, 0.717) is 15.8 Å². The van der Waals surface area contributed by atoms with Crippen LogP contribution in [0, 0.1) is 11.3 Å². The SMILES string of the molecule is C=Cc1cncc(-n2ncc(C(=O)Nc3cnc(OC4CCN(C)CC4)c(C#N)c3)c2C(F)(F)F)c1C=C. The van der Waals surface area contributed by atoms with Crippen LogP contribution in [-0.2, 0) is 6.18 Å². The Morgan fingerprint density at radius 1 is 1.21 bits per heavy atom. The number of rotatable bonds is 7. The van der Waals surface area contributed by atoms with Crippen LogP contribution in [0.25, 0.3) is 17.8 Å². The van der Waals surface area contributed by atoms with Crippen LogP contribution in [0.2, 0.25) is 0 Å². The maximum absolute atomic E-state index is 14.2. The largest absolute Gasteiger partial charge is 0.473 e. The maximum atomic E-state index is 14.2. The van der Waals surface area contributed by atoms with Crippen molar-refractivity contribution < 1.29 is 22.7 Å². The molecule has 196 valence electrons. The lowest BCUT2D eigenvalue weighted by Crippen LogP contribution is -2.35. The van der Waals surface area contributed by atoms with E-state index in [0.717, 1.165) is 32.1 Å². The second-order valence-corrected chi connectivity index (χ2v) is 8.65. The van der Waals surface area contributed by atoms with Crippen molar-refractivity contribution in [2.24, 2.45) is 0 Å². The number of amides is 1. The molecule has 9 nitrogen and oxygen atoms in total. The summed E-state index contributed by atoms with van der Waals surface area (Å²) in [6.07, 6.45) is 3.95. The van der Waals surface area contributed by atoms with Crippen molar-refractivity contribution in [1.29, 1.82) is 5.26 Å². The van der Waals surface area contributed by atoms with Gasteiger partial charge < -0.3 is 15.0 Å². The number of alkyl halides is 3. The van der Waals surface area contributed by atoms with E-state index in [4.69, 9.17) is 4.74 Å². The lowest BCUT2D eigenvalue weighted by atomic mass is 10.1. The third-order valence-corrected chi connectivity index (χ3v) is 6.11. The topological polar surface area (TPSA) is 109 Å². The lowest BCUT2D eigenvalue weighted by Gasteiger charge is -2.29. The van der Waals surface area contributed by atoms with Crippen LogP contribution < -0.4 is 10.1 Å². The molecule has 3 aromatic rings. The van der Waals surface area contributed by atoms with Crippen molar-refractivity contribution >= 4 is 23.7 Å². The van der Waals surface area contributed by atoms with Crippen LogP contribution in [0.3, 0.4) is 0 Å². The number of likely N-dealkylation sites (tertiary alicyclic amines) is 1. The van der Waals surface area contributed by atoms with E-state index in [1.165, 1.54) is 36.8 Å². The van der Waals surface area contributed by atoms with Gasteiger partial charge in [0.25, 0.3) is 5.91 Å². The number of aromatic nitrogens is 4. The van der Waals surface area contributed by atoms with Crippen LogP contribution in [0.4, 0.5) is 18.9 Å². The molecule has 0 aliphatic carbocycles. The van der Waals surface area contributed by atoms with Gasteiger partial charge in [0.1, 0.15) is 17.7 Å². The Bertz CT molecular complexity index is 1420. The lowest BCUT2D eigenvalue weighted by molar-refractivity contribution is -0.143. The minimum atomic E-state index is -4.94. The highest BCUT2D eigenvalue weighted by Gasteiger charge is 2.41. The monoisotopic (exact) mass is 523 g/mol. The number of halogens is 3. The highest BCUT2D eigenvalue weighted by molar-refractivity contribution is 6.05. The quantitative estimate of drug-likeness (QED) is 0.483. The molecular formula is C26H24F3N7O2. The predicted molar refractivity (Wildman–Crippen MR) is 135 cm³/mol. The second kappa shape index (κ2) is 10.9. The number of nitrogens with one attached hydrogen (secondary N) is 1. The van der Waals surface area contributed by atoms with Gasteiger partial charge >= 0.3 is 6.18 Å². The highest BCUT2D eigenvalue weighted by Crippen LogP contribution is 2.35. The molecule has 0 spiro atoms. The first-order chi connectivity index (χ1) is 18.2. The van der Waals surface area contributed by atoms with Crippen molar-refractivity contribution in [2.75, 3.05) is 25.5 Å². The predicted octanol–water partition coefficient (Wildman–Crippen LogP) is 4.56. The smallest absolute Gasteiger partial charge is 0.434 e. The minimum Gasteiger partial charge on any atom is -0.473 e. The Balaban J connectivity index is 1.63. The molecule has 0 bridgehead atoms. The Kier molecular flexibility index (Phi) is 7.59. The van der Waals surface area contributed by atoms with Crippen molar-refractivity contribution in [3.63, 3.8) is 0 Å². The van der Waals surface area contributed by atoms with Gasteiger partial charge in [-0.05, 0) is 26.0 Å². The van der Waals surface area contributed by atoms with Gasteiger partial charge in [-0.1, -0.05) is 25.3 Å². The molecule has 38 heavy (non-hydrogen) atoms. The zero-order valence-electron chi connectivity index (χ0n) is 20.5. The van der Waals surface area contributed by atoms with E-state index in [2.05, 4.69) is 38.4 Å². The van der Waals surface area contributed by atoms with Gasteiger partial charge in [-0.25, -0.2) is 9.67 Å². The summed E-state index contributed by atoms with van der Waals surface area (Å²) in [5, 5.41) is 15.8. The average Bonchev–Trinajstić information content (AvgIpc) is 3.36. The van der Waals surface area contributed by atoms with E-state index in [1.807, 2.05) is 13.1 Å². The van der Waals surface area contributed by atoms with Crippen molar-refractivity contribution in [2.45, 2.75) is 25.1 Å². The number of hydrogen-bond donors (Lipinski definition) is 1. The van der Waals surface area contributed by atoms with Gasteiger partial charge in [-0.3, -0.25) is 9.78 Å². The van der Waals surface area contributed by atoms with Crippen LogP contribution in [0.5, 0.6) is 5.88 Å². The summed E-state index contributed by atoms with van der Waals surface area (Å²) in [5.41, 5.74) is -1.18. The van der Waals surface area contributed by atoms with Crippen LogP contribution in [0.1, 0.15) is 45.6 Å². The molecule has 1 aliphatic rings. The zero-order valence-corrected chi connectivity index (χ0v) is 20.5. The van der Waals surface area contributed by atoms with E-state index in [9.17, 15) is 23.2 Å². The Labute approximate surface area is 216 Å². The number of carbonyl (C=O) groups is 1. The number of anilines is 1. The van der Waals surface area contributed by atoms with Crippen molar-refractivity contribution in [1.82, 2.24) is 24.6 Å². The molecule has 4 rings (SSSR count). The molecule has 1 N–H and O–H groups in total. The number of carbonyl (C=O) groups excluding carboxylic acids is 1. The van der Waals surface area contributed by atoms with E-state index in [1.54, 1.807) is 0 Å². The minimum absolute atomic E-state index is 0.0207. The molecule has 0 aromatic carbocycles. The first-order valence-electron chi connectivity index (χ1n) is 11.6. The Morgan fingerprint density at radius 3 is 2.58 bits per heavy atom. The molecule has 3 aromatic heterocycles. The summed E-state index contributed by atoms with van der Waals surface area (Å²) < 4.78 is 49.0. The molecular weight excluding hydrogens is 499 g/mol. The summed E-state index contributed by atoms with van der Waals surface area (Å²) >= 11 is 0. The van der Waals surface area contributed by atoms with Gasteiger partial charge in [0.2, 0.25) is 5.88 Å². The average molecular weight is 524 g/mol. The summed E-state index contributed by atoms with van der Waals surface area (Å²) in [6.45, 7) is 8.98. The molecule has 0 saturated carbocycles. The number of hydrogen-bond acceptors (Lipinski definition) is 7. The molecule has 0 unspecified atom stereocenters. The van der Waals surface area contributed by atoms with Gasteiger partial charge in [0, 0.05) is 30.4 Å². The van der Waals surface area contributed by atoms with Crippen molar-refractivity contribution in [3.05, 3.63) is 72.0 Å². The van der Waals surface area contributed by atoms with E-state index < -0.39 is 23.3 Å². The molecule has 0 radical (unpaired) electrons. The molecule has 1 amide bonds. The van der Waals surface area contributed by atoms with Gasteiger partial charge in [0.15, 0.2) is 5.69 Å². The Hall–Kier alpha value is -4.50. The fraction of sp³-hybridized carbons (Fsp3) is 0.269. The molecule has 4 heterocycles. The van der Waals surface area contributed by atoms with Crippen LogP contribution in [0.15, 0.2) is 44.0 Å². The number of nitriles is 1. The summed E-state index contributed by atoms with van der Waals surface area (Å²) in [4.78, 5) is 23.2. The molecule has 12 heteroatoms. The maximum Gasteiger partial charge on any atom is 0.434 e. The molecule has 1 fully saturated rings. The number of piperidine rings is 1. The number of nitrogens with zero attached hydrogens (tertiary/aromatic N) is 6. The van der Waals surface area contributed by atoms with Gasteiger partial charge in [0.05, 0.1) is 35.5 Å². The fourth-order valence-corrected chi connectivity index (χ4v) is 4.15. The van der Waals surface area contributed by atoms with Crippen molar-refractivity contribution in [3.8, 4) is 17.6 Å². The second-order valence-electron chi connectivity index (χ2n) is 8.65. The van der Waals surface area contributed by atoms with E-state index >= 15 is 0 Å². The summed E-state index contributed by atoms with van der Waals surface area (Å²) in [7, 11) is 2.01. The normalized spacial score (nSPS) is 14.5. The third-order valence-electron chi connectivity index (χ3n) is 6.11. The first-order valence-corrected chi connectivity index (χ1v) is 11.6. The number of ether oxygens (including phenoxy) is 1. The third kappa shape index (κ3) is 5.42. The Morgan fingerprint density at radius 2 is 1.95 bits per heavy atom. The van der Waals surface area contributed by atoms with Gasteiger partial charge in [-0.2, -0.15) is 23.5 Å². The van der Waals surface area contributed by atoms with E-state index in [-0.39, 0.29) is 28.9 Å². The zero-order chi connectivity index (χ0) is 27.4. The van der Waals surface area contributed by atoms with Crippen LogP contribution >= 0.6 is 0 Å². The standard InChI is InChI=1S/C26H24F3N7O2/c1-4-16-12-31-15-22(20(16)5-2)36-23(26(27,28)29)21(14-33-36)24(37)34-18-10-17(11-30)25(32-13-18)38-19-6-8-35(3)9-7-19/h4-5,10,12-15,19H,1-2,6-9H2,3H3,(H,34,37). The first kappa shape index (κ1) is 26.6. The summed E-state index contributed by atoms with van der Waals surface area (Å²) in [5.74, 6) is -0.971. The summed E-state index contributed by atoms with van der Waals surface area (Å²) in [6, 6.07) is 3.27. The molecule has 0 atom stereocenters. The van der Waals surface area contributed by atoms with Gasteiger partial charge in [-0.15, -0.1) is 0 Å². The molecule has 1 saturated heterocycles. The number of pyridine rings is 2. The van der Waals surface area contributed by atoms with Crippen LogP contribution in [-0.4, -0.2) is 56.8 Å². The molecule has 1 aliphatic heterocycles. The highest BCUT2D eigenvalue weighted by atomic mass is 19.4. The fourth-order valence-electron chi connectivity index (χ4n) is 4.15.